The lowest BCUT2D eigenvalue weighted by Crippen LogP contribution is -1.99. The molecule has 1 rings (SSSR count). The first-order valence-electron chi connectivity index (χ1n) is 3.96. The molecule has 0 aliphatic heterocycles. The summed E-state index contributed by atoms with van der Waals surface area (Å²) in [6.45, 7) is 2.33. The summed E-state index contributed by atoms with van der Waals surface area (Å²) < 4.78 is 14.0. The molecule has 0 aromatic heterocycles. The summed E-state index contributed by atoms with van der Waals surface area (Å²) in [5.41, 5.74) is 6.93. The SMILES string of the molecule is C/C(=C/c1cc(Br)ccc1F)CN. The lowest BCUT2D eigenvalue weighted by atomic mass is 10.1. The second kappa shape index (κ2) is 4.53. The van der Waals surface area contributed by atoms with Crippen LogP contribution in [0.25, 0.3) is 6.08 Å². The van der Waals surface area contributed by atoms with Crippen molar-refractivity contribution < 1.29 is 4.39 Å². The molecule has 0 saturated carbocycles. The molecule has 0 spiro atoms. The fraction of sp³-hybridized carbons (Fsp3) is 0.200. The summed E-state index contributed by atoms with van der Waals surface area (Å²) >= 11 is 3.28. The second-order valence-corrected chi connectivity index (χ2v) is 3.78. The molecule has 3 heteroatoms. The van der Waals surface area contributed by atoms with Gasteiger partial charge in [-0.25, -0.2) is 4.39 Å². The van der Waals surface area contributed by atoms with Crippen LogP contribution in [0.1, 0.15) is 12.5 Å². The molecule has 70 valence electrons. The van der Waals surface area contributed by atoms with Gasteiger partial charge >= 0.3 is 0 Å². The average Bonchev–Trinajstić information content (AvgIpc) is 2.11. The summed E-state index contributed by atoms with van der Waals surface area (Å²) in [4.78, 5) is 0. The molecule has 1 nitrogen and oxygen atoms in total. The maximum atomic E-state index is 13.2. The summed E-state index contributed by atoms with van der Waals surface area (Å²) in [5.74, 6) is -0.226. The minimum absolute atomic E-state index is 0.226. The zero-order valence-corrected chi connectivity index (χ0v) is 8.94. The number of rotatable bonds is 2. The van der Waals surface area contributed by atoms with E-state index in [0.29, 0.717) is 12.1 Å². The third kappa shape index (κ3) is 2.94. The van der Waals surface area contributed by atoms with E-state index in [4.69, 9.17) is 5.73 Å². The van der Waals surface area contributed by atoms with Gasteiger partial charge in [-0.1, -0.05) is 27.6 Å². The van der Waals surface area contributed by atoms with Gasteiger partial charge in [0.2, 0.25) is 0 Å². The lowest BCUT2D eigenvalue weighted by molar-refractivity contribution is 0.624. The standard InChI is InChI=1S/C10H11BrFN/c1-7(6-13)4-8-5-9(11)2-3-10(8)12/h2-5H,6,13H2,1H3/b7-4-. The Balaban J connectivity index is 3.07. The number of benzene rings is 1. The van der Waals surface area contributed by atoms with Crippen LogP contribution in [-0.2, 0) is 0 Å². The highest BCUT2D eigenvalue weighted by Gasteiger charge is 1.99. The molecule has 0 atom stereocenters. The van der Waals surface area contributed by atoms with E-state index in [0.717, 1.165) is 10.0 Å². The first kappa shape index (κ1) is 10.4. The molecule has 13 heavy (non-hydrogen) atoms. The highest BCUT2D eigenvalue weighted by Crippen LogP contribution is 2.17. The van der Waals surface area contributed by atoms with Gasteiger partial charge < -0.3 is 5.73 Å². The van der Waals surface area contributed by atoms with E-state index in [2.05, 4.69) is 15.9 Å². The normalized spacial score (nSPS) is 11.8. The van der Waals surface area contributed by atoms with Gasteiger partial charge in [0.15, 0.2) is 0 Å². The predicted octanol–water partition coefficient (Wildman–Crippen LogP) is 2.95. The zero-order valence-electron chi connectivity index (χ0n) is 7.35. The first-order valence-corrected chi connectivity index (χ1v) is 4.75. The molecule has 0 bridgehead atoms. The van der Waals surface area contributed by atoms with Crippen molar-refractivity contribution in [3.05, 3.63) is 39.6 Å². The van der Waals surface area contributed by atoms with E-state index in [1.165, 1.54) is 6.07 Å². The maximum absolute atomic E-state index is 13.2. The van der Waals surface area contributed by atoms with Gasteiger partial charge in [0, 0.05) is 16.6 Å². The highest BCUT2D eigenvalue weighted by atomic mass is 79.9. The third-order valence-electron chi connectivity index (χ3n) is 1.68. The Morgan fingerprint density at radius 3 is 2.92 bits per heavy atom. The van der Waals surface area contributed by atoms with Crippen LogP contribution in [0, 0.1) is 5.82 Å². The Morgan fingerprint density at radius 1 is 1.62 bits per heavy atom. The van der Waals surface area contributed by atoms with Crippen molar-refractivity contribution in [2.75, 3.05) is 6.54 Å². The zero-order chi connectivity index (χ0) is 9.84. The lowest BCUT2D eigenvalue weighted by Gasteiger charge is -2.00. The first-order chi connectivity index (χ1) is 6.13. The van der Waals surface area contributed by atoms with Crippen molar-refractivity contribution in [2.24, 2.45) is 5.73 Å². The number of halogens is 2. The minimum atomic E-state index is -0.226. The van der Waals surface area contributed by atoms with Crippen LogP contribution >= 0.6 is 15.9 Å². The van der Waals surface area contributed by atoms with Gasteiger partial charge in [-0.15, -0.1) is 0 Å². The molecule has 1 aromatic carbocycles. The Labute approximate surface area is 85.6 Å². The molecule has 0 fully saturated rings. The number of hydrogen-bond donors (Lipinski definition) is 1. The summed E-state index contributed by atoms with van der Waals surface area (Å²) in [6.07, 6.45) is 1.75. The molecule has 0 heterocycles. The molecule has 0 aliphatic carbocycles. The van der Waals surface area contributed by atoms with Crippen molar-refractivity contribution in [3.63, 3.8) is 0 Å². The van der Waals surface area contributed by atoms with Gasteiger partial charge in [0.1, 0.15) is 5.82 Å². The largest absolute Gasteiger partial charge is 0.327 e. The molecule has 1 aromatic rings. The van der Waals surface area contributed by atoms with Crippen LogP contribution in [0.15, 0.2) is 28.2 Å². The molecule has 0 saturated heterocycles. The Morgan fingerprint density at radius 2 is 2.31 bits per heavy atom. The monoisotopic (exact) mass is 243 g/mol. The Kier molecular flexibility index (Phi) is 3.63. The van der Waals surface area contributed by atoms with E-state index in [9.17, 15) is 4.39 Å². The van der Waals surface area contributed by atoms with Crippen molar-refractivity contribution in [1.29, 1.82) is 0 Å². The Hall–Kier alpha value is -0.670. The topological polar surface area (TPSA) is 26.0 Å². The number of nitrogens with two attached hydrogens (primary N) is 1. The van der Waals surface area contributed by atoms with E-state index in [-0.39, 0.29) is 5.82 Å². The quantitative estimate of drug-likeness (QED) is 0.850. The van der Waals surface area contributed by atoms with Gasteiger partial charge in [0.05, 0.1) is 0 Å². The molecule has 0 amide bonds. The minimum Gasteiger partial charge on any atom is -0.327 e. The van der Waals surface area contributed by atoms with Crippen LogP contribution in [-0.4, -0.2) is 6.54 Å². The van der Waals surface area contributed by atoms with Crippen molar-refractivity contribution in [3.8, 4) is 0 Å². The van der Waals surface area contributed by atoms with E-state index in [1.54, 1.807) is 18.2 Å². The fourth-order valence-corrected chi connectivity index (χ4v) is 1.33. The van der Waals surface area contributed by atoms with Crippen molar-refractivity contribution in [1.82, 2.24) is 0 Å². The van der Waals surface area contributed by atoms with Gasteiger partial charge in [-0.05, 0) is 25.1 Å². The van der Waals surface area contributed by atoms with Crippen LogP contribution in [0.5, 0.6) is 0 Å². The highest BCUT2D eigenvalue weighted by molar-refractivity contribution is 9.10. The number of hydrogen-bond acceptors (Lipinski definition) is 1. The molecule has 0 unspecified atom stereocenters. The van der Waals surface area contributed by atoms with E-state index >= 15 is 0 Å². The van der Waals surface area contributed by atoms with E-state index in [1.807, 2.05) is 6.92 Å². The maximum Gasteiger partial charge on any atom is 0.130 e. The van der Waals surface area contributed by atoms with Crippen LogP contribution in [0.2, 0.25) is 0 Å². The summed E-state index contributed by atoms with van der Waals surface area (Å²) in [6, 6.07) is 4.83. The van der Waals surface area contributed by atoms with Crippen molar-refractivity contribution >= 4 is 22.0 Å². The van der Waals surface area contributed by atoms with Gasteiger partial charge in [-0.2, -0.15) is 0 Å². The molecular weight excluding hydrogens is 233 g/mol. The van der Waals surface area contributed by atoms with Crippen LogP contribution in [0.4, 0.5) is 4.39 Å². The summed E-state index contributed by atoms with van der Waals surface area (Å²) in [7, 11) is 0. The fourth-order valence-electron chi connectivity index (χ4n) is 0.950. The second-order valence-electron chi connectivity index (χ2n) is 2.86. The Bertz CT molecular complexity index is 334. The van der Waals surface area contributed by atoms with Crippen LogP contribution in [0.3, 0.4) is 0 Å². The molecular formula is C10H11BrFN. The summed E-state index contributed by atoms with van der Waals surface area (Å²) in [5, 5.41) is 0. The molecule has 2 N–H and O–H groups in total. The van der Waals surface area contributed by atoms with Crippen molar-refractivity contribution in [2.45, 2.75) is 6.92 Å². The third-order valence-corrected chi connectivity index (χ3v) is 2.18. The average molecular weight is 244 g/mol. The molecule has 0 aliphatic rings. The predicted molar refractivity (Wildman–Crippen MR) is 56.8 cm³/mol. The van der Waals surface area contributed by atoms with Crippen LogP contribution < -0.4 is 5.73 Å². The van der Waals surface area contributed by atoms with Gasteiger partial charge in [-0.3, -0.25) is 0 Å². The van der Waals surface area contributed by atoms with Gasteiger partial charge in [0.25, 0.3) is 0 Å². The molecule has 0 radical (unpaired) electrons. The van der Waals surface area contributed by atoms with E-state index < -0.39 is 0 Å². The smallest absolute Gasteiger partial charge is 0.130 e.